The Morgan fingerprint density at radius 1 is 0.900 bits per heavy atom. The minimum absolute atomic E-state index is 0.556. The van der Waals surface area contributed by atoms with Gasteiger partial charge in [0.15, 0.2) is 5.92 Å². The lowest BCUT2D eigenvalue weighted by Gasteiger charge is -2.11. The summed E-state index contributed by atoms with van der Waals surface area (Å²) in [5.41, 5.74) is 1.11. The molecule has 20 heavy (non-hydrogen) atoms. The van der Waals surface area contributed by atoms with Crippen molar-refractivity contribution in [2.45, 2.75) is 5.92 Å². The summed E-state index contributed by atoms with van der Waals surface area (Å²) in [7, 11) is 0. The molecule has 0 heterocycles. The number of nitrogens with zero attached hydrogens (tertiary/aromatic N) is 2. The van der Waals surface area contributed by atoms with Gasteiger partial charge in [-0.05, 0) is 11.1 Å². The molecule has 0 aliphatic heterocycles. The summed E-state index contributed by atoms with van der Waals surface area (Å²) in [6.45, 7) is 0. The average Bonchev–Trinajstić information content (AvgIpc) is 2.45. The molecule has 0 fully saturated rings. The lowest BCUT2D eigenvalue weighted by atomic mass is 9.90. The van der Waals surface area contributed by atoms with E-state index >= 15 is 0 Å². The molecule has 0 saturated heterocycles. The molecule has 0 aliphatic carbocycles. The Kier molecular flexibility index (Phi) is 3.95. The van der Waals surface area contributed by atoms with Crippen LogP contribution in [0, 0.1) is 15.3 Å². The predicted molar refractivity (Wildman–Crippen MR) is 72.1 cm³/mol. The smallest absolute Gasteiger partial charge is 0.412 e. The van der Waals surface area contributed by atoms with Gasteiger partial charge in [-0.3, -0.25) is 15.3 Å². The van der Waals surface area contributed by atoms with Crippen LogP contribution in [-0.2, 0) is 0 Å². The van der Waals surface area contributed by atoms with Crippen molar-refractivity contribution in [2.75, 3.05) is 0 Å². The zero-order valence-electron chi connectivity index (χ0n) is 10.4. The first-order valence-corrected chi connectivity index (χ1v) is 5.88. The van der Waals surface area contributed by atoms with Gasteiger partial charge in [-0.25, -0.2) is 0 Å². The van der Waals surface area contributed by atoms with Crippen LogP contribution in [0.4, 0.5) is 0 Å². The fourth-order valence-electron chi connectivity index (χ4n) is 2.07. The van der Waals surface area contributed by atoms with Crippen molar-refractivity contribution in [1.82, 2.24) is 0 Å². The van der Waals surface area contributed by atoms with Gasteiger partial charge in [0, 0.05) is 0 Å². The first kappa shape index (κ1) is 13.5. The summed E-state index contributed by atoms with van der Waals surface area (Å²) >= 11 is 0. The maximum Gasteiger partial charge on any atom is 0.543 e. The molecule has 0 aromatic heterocycles. The largest absolute Gasteiger partial charge is 0.543 e. The molecule has 0 radical (unpaired) electrons. The molecule has 2 aromatic rings. The van der Waals surface area contributed by atoms with E-state index in [9.17, 15) is 15.3 Å². The Balaban J connectivity index is 2.62. The minimum Gasteiger partial charge on any atom is -0.412 e. The van der Waals surface area contributed by atoms with E-state index in [0.29, 0.717) is 11.1 Å². The number of benzene rings is 2. The van der Waals surface area contributed by atoms with E-state index in [-0.39, 0.29) is 0 Å². The second-order valence-electron chi connectivity index (χ2n) is 4.14. The molecular formula is C14H12N2O4. The Hall–Kier alpha value is -2.89. The SMILES string of the molecule is O=[N+]([O-])/C(C(c1ccccc1)c1ccccc1)=[N+](\[O-])O. The van der Waals surface area contributed by atoms with Crippen molar-refractivity contribution in [3.8, 4) is 0 Å². The summed E-state index contributed by atoms with van der Waals surface area (Å²) in [6.07, 6.45) is 0. The van der Waals surface area contributed by atoms with Crippen molar-refractivity contribution in [2.24, 2.45) is 0 Å². The first-order valence-electron chi connectivity index (χ1n) is 5.88. The summed E-state index contributed by atoms with van der Waals surface area (Å²) in [6, 6.07) is 17.1. The van der Waals surface area contributed by atoms with Crippen molar-refractivity contribution < 1.29 is 15.0 Å². The van der Waals surface area contributed by atoms with Crippen molar-refractivity contribution in [3.05, 3.63) is 87.1 Å². The number of amidine groups is 1. The van der Waals surface area contributed by atoms with Crippen LogP contribution in [0.3, 0.4) is 0 Å². The predicted octanol–water partition coefficient (Wildman–Crippen LogP) is 2.39. The zero-order valence-corrected chi connectivity index (χ0v) is 10.4. The van der Waals surface area contributed by atoms with Crippen LogP contribution in [0.5, 0.6) is 0 Å². The quantitative estimate of drug-likeness (QED) is 0.232. The van der Waals surface area contributed by atoms with E-state index in [1.165, 1.54) is 0 Å². The standard InChI is InChI=1S/C14H12N2O4/c17-15(18)14(16(19)20)13(11-7-3-1-4-8-11)12-9-5-2-6-10-12/h1-10,13H,(H,17,18). The lowest BCUT2D eigenvalue weighted by Crippen LogP contribution is -2.29. The Bertz CT molecular complexity index is 583. The van der Waals surface area contributed by atoms with E-state index in [2.05, 4.69) is 0 Å². The van der Waals surface area contributed by atoms with Gasteiger partial charge < -0.3 is 5.21 Å². The molecule has 102 valence electrons. The van der Waals surface area contributed by atoms with Crippen molar-refractivity contribution in [1.29, 1.82) is 0 Å². The molecule has 6 nitrogen and oxygen atoms in total. The molecular weight excluding hydrogens is 260 g/mol. The van der Waals surface area contributed by atoms with E-state index in [1.54, 1.807) is 60.7 Å². The normalized spacial score (nSPS) is 12.1. The summed E-state index contributed by atoms with van der Waals surface area (Å²) < 4.78 is 0. The van der Waals surface area contributed by atoms with Crippen molar-refractivity contribution >= 4 is 5.84 Å². The third kappa shape index (κ3) is 2.74. The van der Waals surface area contributed by atoms with E-state index in [1.807, 2.05) is 0 Å². The molecule has 0 spiro atoms. The Morgan fingerprint density at radius 3 is 1.60 bits per heavy atom. The highest BCUT2D eigenvalue weighted by Gasteiger charge is 2.39. The first-order chi connectivity index (χ1) is 9.61. The minimum atomic E-state index is -0.935. The van der Waals surface area contributed by atoms with Crippen LogP contribution >= 0.6 is 0 Å². The highest BCUT2D eigenvalue weighted by atomic mass is 16.8. The van der Waals surface area contributed by atoms with Gasteiger partial charge in [0.1, 0.15) is 9.83 Å². The van der Waals surface area contributed by atoms with Crippen LogP contribution in [0.25, 0.3) is 0 Å². The van der Waals surface area contributed by atoms with Gasteiger partial charge in [-0.15, -0.1) is 0 Å². The van der Waals surface area contributed by atoms with E-state index in [0.717, 1.165) is 0 Å². The Labute approximate surface area is 114 Å². The topological polar surface area (TPSA) is 89.4 Å². The fraction of sp³-hybridized carbons (Fsp3) is 0.0714. The van der Waals surface area contributed by atoms with Crippen LogP contribution in [0.15, 0.2) is 60.7 Å². The molecule has 2 aromatic carbocycles. The van der Waals surface area contributed by atoms with Crippen molar-refractivity contribution in [3.63, 3.8) is 0 Å². The molecule has 2 rings (SSSR count). The summed E-state index contributed by atoms with van der Waals surface area (Å²) in [5.74, 6) is -1.77. The van der Waals surface area contributed by atoms with Crippen LogP contribution < -0.4 is 0 Å². The van der Waals surface area contributed by atoms with Gasteiger partial charge in [-0.2, -0.15) is 0 Å². The average molecular weight is 272 g/mol. The third-order valence-corrected chi connectivity index (χ3v) is 2.91. The number of hydrogen-bond acceptors (Lipinski definition) is 4. The third-order valence-electron chi connectivity index (χ3n) is 2.91. The van der Waals surface area contributed by atoms with Gasteiger partial charge in [0.05, 0.1) is 0 Å². The van der Waals surface area contributed by atoms with Gasteiger partial charge in [0.2, 0.25) is 0 Å². The molecule has 0 bridgehead atoms. The van der Waals surface area contributed by atoms with Crippen LogP contribution in [0.1, 0.15) is 17.0 Å². The molecule has 0 amide bonds. The van der Waals surface area contributed by atoms with Crippen LogP contribution in [0.2, 0.25) is 0 Å². The maximum atomic E-state index is 11.2. The lowest BCUT2D eigenvalue weighted by molar-refractivity contribution is -0.748. The van der Waals surface area contributed by atoms with Gasteiger partial charge >= 0.3 is 5.84 Å². The monoisotopic (exact) mass is 272 g/mol. The van der Waals surface area contributed by atoms with E-state index < -0.39 is 21.6 Å². The number of nitro groups is 1. The van der Waals surface area contributed by atoms with E-state index in [4.69, 9.17) is 5.21 Å². The molecule has 6 heteroatoms. The summed E-state index contributed by atoms with van der Waals surface area (Å²) in [5, 5.41) is 31.3. The second-order valence-corrected chi connectivity index (χ2v) is 4.14. The fourth-order valence-corrected chi connectivity index (χ4v) is 2.07. The van der Waals surface area contributed by atoms with Gasteiger partial charge in [-0.1, -0.05) is 60.7 Å². The Morgan fingerprint density at radius 2 is 1.30 bits per heavy atom. The molecule has 0 atom stereocenters. The molecule has 0 aliphatic rings. The van der Waals surface area contributed by atoms with Gasteiger partial charge in [0.25, 0.3) is 0 Å². The second kappa shape index (κ2) is 5.83. The summed E-state index contributed by atoms with van der Waals surface area (Å²) in [4.78, 5) is 9.56. The number of hydrogen-bond donors (Lipinski definition) is 1. The highest BCUT2D eigenvalue weighted by Crippen LogP contribution is 2.26. The maximum absolute atomic E-state index is 11.2. The van der Waals surface area contributed by atoms with Crippen LogP contribution in [-0.4, -0.2) is 20.9 Å². The number of rotatable bonds is 3. The molecule has 0 saturated carbocycles. The highest BCUT2D eigenvalue weighted by molar-refractivity contribution is 5.81. The molecule has 1 N–H and O–H groups in total. The molecule has 0 unspecified atom stereocenters. The zero-order chi connectivity index (χ0) is 14.5.